The number of pyridine rings is 1. The van der Waals surface area contributed by atoms with E-state index in [-0.39, 0.29) is 5.91 Å². The van der Waals surface area contributed by atoms with Crippen LogP contribution in [0.4, 0.5) is 0 Å². The minimum Gasteiger partial charge on any atom is -0.452 e. The zero-order chi connectivity index (χ0) is 20.0. The van der Waals surface area contributed by atoms with Crippen LogP contribution in [0.1, 0.15) is 13.8 Å². The summed E-state index contributed by atoms with van der Waals surface area (Å²) in [6.07, 6.45) is 1.82. The molecule has 1 aromatic carbocycles. The van der Waals surface area contributed by atoms with Gasteiger partial charge in [0.05, 0.1) is 14.6 Å². The molecule has 27 heavy (non-hydrogen) atoms. The number of ether oxygens (including phenoxy) is 2. The fourth-order valence-corrected chi connectivity index (χ4v) is 3.75. The van der Waals surface area contributed by atoms with E-state index in [1.54, 1.807) is 7.11 Å². The second kappa shape index (κ2) is 9.96. The number of halogens is 2. The van der Waals surface area contributed by atoms with Crippen molar-refractivity contribution in [3.8, 4) is 17.7 Å². The third kappa shape index (κ3) is 6.24. The normalized spacial score (nSPS) is 12.2. The Balaban J connectivity index is 2.20. The van der Waals surface area contributed by atoms with Crippen LogP contribution in [0.25, 0.3) is 10.9 Å². The van der Waals surface area contributed by atoms with Gasteiger partial charge in [-0.2, -0.15) is 0 Å². The Hall–Kier alpha value is -1.02. The predicted octanol–water partition coefficient (Wildman–Crippen LogP) is 4.21. The van der Waals surface area contributed by atoms with Crippen LogP contribution in [0.2, 0.25) is 0 Å². The molecule has 0 fully saturated rings. The Labute approximate surface area is 185 Å². The maximum atomic E-state index is 12.7. The van der Waals surface area contributed by atoms with Crippen molar-refractivity contribution >= 4 is 67.1 Å². The molecule has 2 rings (SSSR count). The zero-order valence-corrected chi connectivity index (χ0v) is 20.0. The first-order chi connectivity index (χ1) is 12.8. The second-order valence-corrected chi connectivity index (χ2v) is 9.04. The van der Waals surface area contributed by atoms with Gasteiger partial charge in [0, 0.05) is 17.0 Å². The third-order valence-electron chi connectivity index (χ3n) is 3.42. The van der Waals surface area contributed by atoms with E-state index in [9.17, 15) is 4.79 Å². The molecule has 1 heterocycles. The summed E-state index contributed by atoms with van der Waals surface area (Å²) in [6, 6.07) is 7.85. The average Bonchev–Trinajstić information content (AvgIpc) is 2.60. The highest BCUT2D eigenvalue weighted by atomic mass is 127. The standard InChI is InChI=1S/C19H20BrIN2O3S/c1-19(2,9-6-10-25-3)23-16(24)18(27-4)26-17-14(21)11-12-7-5-8-13(20)15(12)22-17/h5,7-8,11,18H,10H2,1-4H3,(H,23,24). The third-order valence-corrected chi connectivity index (χ3v) is 5.57. The maximum Gasteiger partial charge on any atom is 0.272 e. The fraction of sp³-hybridized carbons (Fsp3) is 0.368. The Kier molecular flexibility index (Phi) is 8.21. The first kappa shape index (κ1) is 22.3. The van der Waals surface area contributed by atoms with E-state index in [0.717, 1.165) is 18.9 Å². The highest BCUT2D eigenvalue weighted by Gasteiger charge is 2.26. The number of nitrogens with zero attached hydrogens (tertiary/aromatic N) is 1. The SMILES string of the molecule is COCC#CC(C)(C)NC(=O)C(Oc1nc2c(Br)cccc2cc1I)SC. The van der Waals surface area contributed by atoms with Crippen molar-refractivity contribution in [3.05, 3.63) is 32.3 Å². The van der Waals surface area contributed by atoms with Crippen molar-refractivity contribution in [1.82, 2.24) is 10.3 Å². The first-order valence-corrected chi connectivity index (χ1v) is 11.2. The number of nitrogens with one attached hydrogen (secondary N) is 1. The van der Waals surface area contributed by atoms with Gasteiger partial charge in [-0.15, -0.1) is 11.8 Å². The summed E-state index contributed by atoms with van der Waals surface area (Å²) in [6.45, 7) is 3.98. The number of aromatic nitrogens is 1. The number of benzene rings is 1. The molecule has 1 unspecified atom stereocenters. The van der Waals surface area contributed by atoms with Gasteiger partial charge in [0.25, 0.3) is 5.91 Å². The quantitative estimate of drug-likeness (QED) is 0.325. The Bertz CT molecular complexity index is 896. The van der Waals surface area contributed by atoms with Gasteiger partial charge >= 0.3 is 0 Å². The van der Waals surface area contributed by atoms with Crippen molar-refractivity contribution in [1.29, 1.82) is 0 Å². The number of hydrogen-bond acceptors (Lipinski definition) is 5. The minimum absolute atomic E-state index is 0.260. The number of thioether (sulfide) groups is 1. The van der Waals surface area contributed by atoms with Crippen molar-refractivity contribution in [2.45, 2.75) is 24.8 Å². The smallest absolute Gasteiger partial charge is 0.272 e. The van der Waals surface area contributed by atoms with Gasteiger partial charge in [0.15, 0.2) is 0 Å². The molecular weight excluding hydrogens is 543 g/mol. The lowest BCUT2D eigenvalue weighted by atomic mass is 10.1. The molecule has 0 saturated carbocycles. The molecule has 1 aromatic heterocycles. The van der Waals surface area contributed by atoms with Gasteiger partial charge < -0.3 is 14.8 Å². The van der Waals surface area contributed by atoms with Crippen LogP contribution in [0.3, 0.4) is 0 Å². The monoisotopic (exact) mass is 562 g/mol. The van der Waals surface area contributed by atoms with Crippen LogP contribution in [-0.2, 0) is 9.53 Å². The lowest BCUT2D eigenvalue weighted by molar-refractivity contribution is -0.125. The molecule has 0 spiro atoms. The lowest BCUT2D eigenvalue weighted by Crippen LogP contribution is -2.47. The molecule has 2 aromatic rings. The summed E-state index contributed by atoms with van der Waals surface area (Å²) in [4.78, 5) is 17.3. The lowest BCUT2D eigenvalue weighted by Gasteiger charge is -2.24. The molecule has 0 saturated heterocycles. The summed E-state index contributed by atoms with van der Waals surface area (Å²) in [7, 11) is 1.58. The maximum absolute atomic E-state index is 12.7. The number of hydrogen-bond donors (Lipinski definition) is 1. The molecule has 0 radical (unpaired) electrons. The molecule has 1 amide bonds. The number of amides is 1. The molecule has 0 aliphatic carbocycles. The molecular formula is C19H20BrIN2O3S. The van der Waals surface area contributed by atoms with E-state index in [2.05, 4.69) is 60.7 Å². The molecule has 0 aliphatic heterocycles. The molecule has 5 nitrogen and oxygen atoms in total. The first-order valence-electron chi connectivity index (χ1n) is 8.02. The summed E-state index contributed by atoms with van der Waals surface area (Å²) in [5.41, 5.74) is -0.645. The molecule has 1 N–H and O–H groups in total. The molecule has 8 heteroatoms. The summed E-state index contributed by atoms with van der Waals surface area (Å²) in [5, 5.41) is 3.90. The number of methoxy groups -OCH3 is 1. The van der Waals surface area contributed by atoms with E-state index in [0.29, 0.717) is 12.5 Å². The van der Waals surface area contributed by atoms with Gasteiger partial charge in [0.2, 0.25) is 11.3 Å². The number of fused-ring (bicyclic) bond motifs is 1. The number of carbonyl (C=O) groups is 1. The van der Waals surface area contributed by atoms with Crippen molar-refractivity contribution in [2.24, 2.45) is 0 Å². The van der Waals surface area contributed by atoms with Gasteiger partial charge in [-0.1, -0.05) is 24.0 Å². The highest BCUT2D eigenvalue weighted by molar-refractivity contribution is 14.1. The van der Waals surface area contributed by atoms with Crippen LogP contribution in [0.15, 0.2) is 28.7 Å². The van der Waals surface area contributed by atoms with Crippen LogP contribution < -0.4 is 10.1 Å². The van der Waals surface area contributed by atoms with E-state index >= 15 is 0 Å². The van der Waals surface area contributed by atoms with E-state index in [1.807, 2.05) is 44.4 Å². The van der Waals surface area contributed by atoms with E-state index in [1.165, 1.54) is 11.8 Å². The summed E-state index contributed by atoms with van der Waals surface area (Å²) in [5.74, 6) is 6.01. The van der Waals surface area contributed by atoms with Crippen molar-refractivity contribution < 1.29 is 14.3 Å². The highest BCUT2D eigenvalue weighted by Crippen LogP contribution is 2.30. The van der Waals surface area contributed by atoms with Gasteiger partial charge in [-0.05, 0) is 70.8 Å². The number of rotatable bonds is 6. The Morgan fingerprint density at radius 2 is 2.22 bits per heavy atom. The predicted molar refractivity (Wildman–Crippen MR) is 122 cm³/mol. The minimum atomic E-state index is -0.741. The Morgan fingerprint density at radius 3 is 2.89 bits per heavy atom. The van der Waals surface area contributed by atoms with Gasteiger partial charge in [0.1, 0.15) is 6.61 Å². The number of para-hydroxylation sites is 1. The van der Waals surface area contributed by atoms with E-state index < -0.39 is 11.0 Å². The molecule has 0 aliphatic rings. The van der Waals surface area contributed by atoms with E-state index in [4.69, 9.17) is 9.47 Å². The summed E-state index contributed by atoms with van der Waals surface area (Å²) < 4.78 is 12.6. The van der Waals surface area contributed by atoms with Crippen LogP contribution in [-0.4, -0.2) is 41.8 Å². The number of carbonyl (C=O) groups excluding carboxylic acids is 1. The molecule has 1 atom stereocenters. The second-order valence-electron chi connectivity index (χ2n) is 6.12. The molecule has 144 valence electrons. The Morgan fingerprint density at radius 1 is 1.48 bits per heavy atom. The van der Waals surface area contributed by atoms with Gasteiger partial charge in [-0.25, -0.2) is 4.98 Å². The fourth-order valence-electron chi connectivity index (χ4n) is 2.24. The van der Waals surface area contributed by atoms with Crippen LogP contribution in [0, 0.1) is 15.4 Å². The van der Waals surface area contributed by atoms with Crippen molar-refractivity contribution in [3.63, 3.8) is 0 Å². The van der Waals surface area contributed by atoms with Crippen LogP contribution >= 0.6 is 50.3 Å². The molecule has 0 bridgehead atoms. The topological polar surface area (TPSA) is 60.5 Å². The van der Waals surface area contributed by atoms with Crippen LogP contribution in [0.5, 0.6) is 5.88 Å². The summed E-state index contributed by atoms with van der Waals surface area (Å²) >= 11 is 6.97. The largest absolute Gasteiger partial charge is 0.452 e. The zero-order valence-electron chi connectivity index (χ0n) is 15.4. The van der Waals surface area contributed by atoms with Crippen molar-refractivity contribution in [2.75, 3.05) is 20.0 Å². The average molecular weight is 563 g/mol. The van der Waals surface area contributed by atoms with Gasteiger partial charge in [-0.3, -0.25) is 4.79 Å².